The second-order valence-corrected chi connectivity index (χ2v) is 7.54. The molecule has 0 spiro atoms. The summed E-state index contributed by atoms with van der Waals surface area (Å²) in [4.78, 5) is 15.4. The SMILES string of the molecule is CCn1cc(S(=O)(=O)NCC(=O)c2ccc(-c3noc(C(F)(F)F)n3)cc2)cn1. The highest BCUT2D eigenvalue weighted by Gasteiger charge is 2.38. The van der Waals surface area contributed by atoms with Crippen LogP contribution < -0.4 is 4.72 Å². The van der Waals surface area contributed by atoms with E-state index < -0.39 is 34.4 Å². The van der Waals surface area contributed by atoms with Crippen LogP contribution in [-0.4, -0.2) is 40.7 Å². The molecule has 0 bridgehead atoms. The van der Waals surface area contributed by atoms with Gasteiger partial charge in [-0.05, 0) is 6.92 Å². The third kappa shape index (κ3) is 4.68. The zero-order valence-electron chi connectivity index (χ0n) is 14.8. The highest BCUT2D eigenvalue weighted by atomic mass is 32.2. The average molecular weight is 429 g/mol. The summed E-state index contributed by atoms with van der Waals surface area (Å²) in [5.74, 6) is -2.30. The number of hydrogen-bond donors (Lipinski definition) is 1. The van der Waals surface area contributed by atoms with Crippen molar-refractivity contribution in [1.82, 2.24) is 24.6 Å². The van der Waals surface area contributed by atoms with Gasteiger partial charge in [-0.15, -0.1) is 0 Å². The van der Waals surface area contributed by atoms with E-state index in [-0.39, 0.29) is 21.8 Å². The standard InChI is InChI=1S/C16H14F3N5O4S/c1-2-24-9-12(7-20-24)29(26,27)21-8-13(25)10-3-5-11(6-4-10)14-22-15(28-23-14)16(17,18)19/h3-7,9,21H,2,8H2,1H3. The van der Waals surface area contributed by atoms with Gasteiger partial charge in [0, 0.05) is 23.9 Å². The number of halogens is 3. The van der Waals surface area contributed by atoms with Crippen LogP contribution in [0.25, 0.3) is 11.4 Å². The molecule has 0 aliphatic heterocycles. The Morgan fingerprint density at radius 2 is 1.93 bits per heavy atom. The second-order valence-electron chi connectivity index (χ2n) is 5.78. The van der Waals surface area contributed by atoms with Crippen LogP contribution in [0, 0.1) is 0 Å². The fourth-order valence-electron chi connectivity index (χ4n) is 2.26. The summed E-state index contributed by atoms with van der Waals surface area (Å²) in [5.41, 5.74) is 0.355. The van der Waals surface area contributed by atoms with E-state index in [9.17, 15) is 26.4 Å². The topological polar surface area (TPSA) is 120 Å². The number of Topliss-reactive ketones (excluding diaryl/α,β-unsaturated/α-hetero) is 1. The number of carbonyl (C=O) groups is 1. The number of nitrogens with zero attached hydrogens (tertiary/aromatic N) is 4. The maximum Gasteiger partial charge on any atom is 0.471 e. The predicted octanol–water partition coefficient (Wildman–Crippen LogP) is 2.13. The molecule has 3 aromatic rings. The van der Waals surface area contributed by atoms with Crippen LogP contribution in [0.1, 0.15) is 23.2 Å². The molecule has 29 heavy (non-hydrogen) atoms. The number of aromatic nitrogens is 4. The molecule has 0 fully saturated rings. The van der Waals surface area contributed by atoms with E-state index in [1.165, 1.54) is 41.3 Å². The Bertz CT molecular complexity index is 1120. The van der Waals surface area contributed by atoms with E-state index in [2.05, 4.69) is 24.5 Å². The van der Waals surface area contributed by atoms with Crippen LogP contribution in [-0.2, 0) is 22.7 Å². The summed E-state index contributed by atoms with van der Waals surface area (Å²) < 4.78 is 69.7. The number of benzene rings is 1. The van der Waals surface area contributed by atoms with Gasteiger partial charge in [-0.25, -0.2) is 13.1 Å². The average Bonchev–Trinajstić information content (AvgIpc) is 3.36. The van der Waals surface area contributed by atoms with Gasteiger partial charge in [0.15, 0.2) is 5.78 Å². The summed E-state index contributed by atoms with van der Waals surface area (Å²) in [6, 6.07) is 5.31. The normalized spacial score (nSPS) is 12.3. The summed E-state index contributed by atoms with van der Waals surface area (Å²) >= 11 is 0. The van der Waals surface area contributed by atoms with Gasteiger partial charge < -0.3 is 4.52 Å². The molecule has 3 rings (SSSR count). The Morgan fingerprint density at radius 3 is 2.48 bits per heavy atom. The molecule has 0 atom stereocenters. The third-order valence-electron chi connectivity index (χ3n) is 3.80. The van der Waals surface area contributed by atoms with Gasteiger partial charge in [0.1, 0.15) is 4.90 Å². The quantitative estimate of drug-likeness (QED) is 0.571. The number of nitrogens with one attached hydrogen (secondary N) is 1. The summed E-state index contributed by atoms with van der Waals surface area (Å²) in [6.45, 7) is 1.79. The van der Waals surface area contributed by atoms with Crippen LogP contribution in [0.5, 0.6) is 0 Å². The monoisotopic (exact) mass is 429 g/mol. The molecule has 0 aliphatic rings. The van der Waals surface area contributed by atoms with Crippen LogP contribution in [0.15, 0.2) is 46.1 Å². The summed E-state index contributed by atoms with van der Waals surface area (Å²) in [5, 5.41) is 7.11. The Labute approximate surface area is 162 Å². The molecule has 2 aromatic heterocycles. The largest absolute Gasteiger partial charge is 0.471 e. The number of ketones is 1. The van der Waals surface area contributed by atoms with Gasteiger partial charge in [0.25, 0.3) is 0 Å². The molecule has 0 unspecified atom stereocenters. The Hall–Kier alpha value is -3.06. The maximum absolute atomic E-state index is 12.5. The maximum atomic E-state index is 12.5. The van der Waals surface area contributed by atoms with E-state index in [1.807, 2.05) is 0 Å². The van der Waals surface area contributed by atoms with Crippen molar-refractivity contribution in [3.8, 4) is 11.4 Å². The molecule has 1 N–H and O–H groups in total. The number of aryl methyl sites for hydroxylation is 1. The zero-order chi connectivity index (χ0) is 21.2. The highest BCUT2D eigenvalue weighted by molar-refractivity contribution is 7.89. The Morgan fingerprint density at radius 1 is 1.24 bits per heavy atom. The predicted molar refractivity (Wildman–Crippen MR) is 92.2 cm³/mol. The van der Waals surface area contributed by atoms with Crippen LogP contribution in [0.4, 0.5) is 13.2 Å². The van der Waals surface area contributed by atoms with E-state index in [4.69, 9.17) is 0 Å². The minimum Gasteiger partial charge on any atom is -0.329 e. The van der Waals surface area contributed by atoms with Crippen molar-refractivity contribution in [2.24, 2.45) is 0 Å². The van der Waals surface area contributed by atoms with Gasteiger partial charge in [-0.3, -0.25) is 9.48 Å². The van der Waals surface area contributed by atoms with E-state index >= 15 is 0 Å². The fraction of sp³-hybridized carbons (Fsp3) is 0.250. The zero-order valence-corrected chi connectivity index (χ0v) is 15.7. The fourth-order valence-corrected chi connectivity index (χ4v) is 3.20. The molecule has 0 saturated heterocycles. The van der Waals surface area contributed by atoms with Gasteiger partial charge in [-0.1, -0.05) is 29.4 Å². The number of sulfonamides is 1. The van der Waals surface area contributed by atoms with Gasteiger partial charge >= 0.3 is 12.1 Å². The van der Waals surface area contributed by atoms with Crippen LogP contribution in [0.2, 0.25) is 0 Å². The van der Waals surface area contributed by atoms with Crippen molar-refractivity contribution in [2.45, 2.75) is 24.5 Å². The molecule has 2 heterocycles. The summed E-state index contributed by atoms with van der Waals surface area (Å²) in [7, 11) is -3.91. The van der Waals surface area contributed by atoms with Crippen molar-refractivity contribution >= 4 is 15.8 Å². The van der Waals surface area contributed by atoms with Crippen molar-refractivity contribution in [3.63, 3.8) is 0 Å². The first kappa shape index (κ1) is 20.7. The van der Waals surface area contributed by atoms with Crippen molar-refractivity contribution in [1.29, 1.82) is 0 Å². The summed E-state index contributed by atoms with van der Waals surface area (Å²) in [6.07, 6.45) is -2.25. The molecule has 0 saturated carbocycles. The Kier molecular flexibility index (Phi) is 5.53. The molecular formula is C16H14F3N5O4S. The van der Waals surface area contributed by atoms with Crippen LogP contribution in [0.3, 0.4) is 0 Å². The minimum atomic E-state index is -4.76. The van der Waals surface area contributed by atoms with Gasteiger partial charge in [0.2, 0.25) is 15.8 Å². The lowest BCUT2D eigenvalue weighted by Crippen LogP contribution is -2.29. The second kappa shape index (κ2) is 7.75. The minimum absolute atomic E-state index is 0.0694. The van der Waals surface area contributed by atoms with Crippen molar-refractivity contribution in [2.75, 3.05) is 6.54 Å². The smallest absolute Gasteiger partial charge is 0.329 e. The molecule has 0 radical (unpaired) electrons. The molecule has 9 nitrogen and oxygen atoms in total. The molecule has 154 valence electrons. The number of alkyl halides is 3. The van der Waals surface area contributed by atoms with E-state index in [0.29, 0.717) is 6.54 Å². The van der Waals surface area contributed by atoms with E-state index in [1.54, 1.807) is 6.92 Å². The first-order valence-corrected chi connectivity index (χ1v) is 9.65. The van der Waals surface area contributed by atoms with Gasteiger partial charge in [-0.2, -0.15) is 23.3 Å². The number of carbonyl (C=O) groups excluding carboxylic acids is 1. The number of hydrogen-bond acceptors (Lipinski definition) is 7. The third-order valence-corrected chi connectivity index (χ3v) is 5.16. The van der Waals surface area contributed by atoms with Crippen LogP contribution >= 0.6 is 0 Å². The highest BCUT2D eigenvalue weighted by Crippen LogP contribution is 2.29. The first-order chi connectivity index (χ1) is 13.6. The number of rotatable bonds is 7. The lowest BCUT2D eigenvalue weighted by molar-refractivity contribution is -0.159. The molecule has 0 aliphatic carbocycles. The lowest BCUT2D eigenvalue weighted by Gasteiger charge is -2.05. The molecular weight excluding hydrogens is 415 g/mol. The molecule has 1 aromatic carbocycles. The molecule has 13 heteroatoms. The Balaban J connectivity index is 1.67. The van der Waals surface area contributed by atoms with E-state index in [0.717, 1.165) is 0 Å². The molecule has 0 amide bonds. The van der Waals surface area contributed by atoms with Gasteiger partial charge in [0.05, 0.1) is 12.7 Å². The van der Waals surface area contributed by atoms with Crippen molar-refractivity contribution < 1.29 is 30.9 Å². The lowest BCUT2D eigenvalue weighted by atomic mass is 10.1. The van der Waals surface area contributed by atoms with Crippen molar-refractivity contribution in [3.05, 3.63) is 48.1 Å². The first-order valence-electron chi connectivity index (χ1n) is 8.17.